The summed E-state index contributed by atoms with van der Waals surface area (Å²) in [6.07, 6.45) is 2.57. The Balaban J connectivity index is 1.42. The molecule has 0 saturated heterocycles. The summed E-state index contributed by atoms with van der Waals surface area (Å²) in [5.74, 6) is 0.613. The van der Waals surface area contributed by atoms with Gasteiger partial charge in [-0.3, -0.25) is 0 Å². The number of rotatable bonds is 8. The average Bonchev–Trinajstić information content (AvgIpc) is 2.79. The minimum Gasteiger partial charge on any atom is -0.508 e. The van der Waals surface area contributed by atoms with Crippen LogP contribution in [0.1, 0.15) is 22.3 Å². The van der Waals surface area contributed by atoms with Gasteiger partial charge in [0.2, 0.25) is 0 Å². The van der Waals surface area contributed by atoms with Gasteiger partial charge < -0.3 is 30.3 Å². The maximum Gasteiger partial charge on any atom is 0.169 e. The first-order valence-electron chi connectivity index (χ1n) is 11.0. The van der Waals surface area contributed by atoms with Gasteiger partial charge in [-0.05, 0) is 96.5 Å². The highest BCUT2D eigenvalue weighted by Gasteiger charge is 2.11. The summed E-state index contributed by atoms with van der Waals surface area (Å²) < 4.78 is 5.79. The smallest absolute Gasteiger partial charge is 0.169 e. The van der Waals surface area contributed by atoms with Crippen LogP contribution in [0.25, 0.3) is 0 Å². The van der Waals surface area contributed by atoms with Crippen molar-refractivity contribution in [2.45, 2.75) is 25.7 Å². The monoisotopic (exact) mass is 458 g/mol. The molecule has 5 N–H and O–H groups in total. The molecule has 34 heavy (non-hydrogen) atoms. The van der Waals surface area contributed by atoms with Gasteiger partial charge in [0.25, 0.3) is 0 Å². The minimum atomic E-state index is -0.0548. The highest BCUT2D eigenvalue weighted by Crippen LogP contribution is 2.37. The lowest BCUT2D eigenvalue weighted by Crippen LogP contribution is -1.94. The van der Waals surface area contributed by atoms with E-state index in [9.17, 15) is 25.5 Å². The largest absolute Gasteiger partial charge is 0.508 e. The van der Waals surface area contributed by atoms with Gasteiger partial charge in [0.1, 0.15) is 17.2 Å². The zero-order valence-electron chi connectivity index (χ0n) is 18.5. The van der Waals surface area contributed by atoms with Gasteiger partial charge in [-0.1, -0.05) is 24.3 Å². The quantitative estimate of drug-likeness (QED) is 0.236. The van der Waals surface area contributed by atoms with Crippen LogP contribution < -0.4 is 4.74 Å². The molecule has 0 aliphatic heterocycles. The molecule has 6 heteroatoms. The summed E-state index contributed by atoms with van der Waals surface area (Å²) in [6, 6.07) is 21.7. The summed E-state index contributed by atoms with van der Waals surface area (Å²) in [4.78, 5) is 0. The summed E-state index contributed by atoms with van der Waals surface area (Å²) in [7, 11) is 0. The van der Waals surface area contributed by atoms with Gasteiger partial charge >= 0.3 is 0 Å². The molecule has 4 aromatic rings. The molecule has 6 nitrogen and oxygen atoms in total. The molecule has 174 valence electrons. The summed E-state index contributed by atoms with van der Waals surface area (Å²) in [6.45, 7) is 0. The molecule has 0 unspecified atom stereocenters. The third-order valence-electron chi connectivity index (χ3n) is 5.55. The molecule has 4 aromatic carbocycles. The predicted molar refractivity (Wildman–Crippen MR) is 129 cm³/mol. The Morgan fingerprint density at radius 3 is 1.71 bits per heavy atom. The minimum absolute atomic E-state index is 0.00514. The van der Waals surface area contributed by atoms with E-state index in [0.717, 1.165) is 28.7 Å². The Bertz CT molecular complexity index is 1280. The number of hydrogen-bond donors (Lipinski definition) is 5. The molecule has 0 heterocycles. The number of phenolic OH excluding ortho intramolecular Hbond substituents is 5. The normalized spacial score (nSPS) is 10.8. The van der Waals surface area contributed by atoms with Crippen molar-refractivity contribution in [2.75, 3.05) is 0 Å². The Kier molecular flexibility index (Phi) is 6.78. The van der Waals surface area contributed by atoms with Gasteiger partial charge in [0, 0.05) is 6.07 Å². The van der Waals surface area contributed by atoms with E-state index in [-0.39, 0.29) is 40.2 Å². The maximum atomic E-state index is 10.5. The Morgan fingerprint density at radius 1 is 0.441 bits per heavy atom. The van der Waals surface area contributed by atoms with Crippen LogP contribution in [0, 0.1) is 0 Å². The van der Waals surface area contributed by atoms with Crippen molar-refractivity contribution >= 4 is 0 Å². The predicted octanol–water partition coefficient (Wildman–Crippen LogP) is 5.58. The molecular weight excluding hydrogens is 432 g/mol. The van der Waals surface area contributed by atoms with Crippen molar-refractivity contribution in [3.8, 4) is 40.2 Å². The van der Waals surface area contributed by atoms with Crippen LogP contribution in [0.5, 0.6) is 40.2 Å². The van der Waals surface area contributed by atoms with E-state index >= 15 is 0 Å². The van der Waals surface area contributed by atoms with E-state index in [0.29, 0.717) is 19.3 Å². The number of benzene rings is 4. The first kappa shape index (κ1) is 22.9. The lowest BCUT2D eigenvalue weighted by molar-refractivity contribution is 0.384. The number of phenols is 5. The second-order valence-corrected chi connectivity index (χ2v) is 8.23. The molecule has 0 aliphatic carbocycles. The summed E-state index contributed by atoms with van der Waals surface area (Å²) >= 11 is 0. The third-order valence-corrected chi connectivity index (χ3v) is 5.55. The molecule has 0 bridgehead atoms. The van der Waals surface area contributed by atoms with Crippen molar-refractivity contribution in [3.05, 3.63) is 101 Å². The fourth-order valence-electron chi connectivity index (χ4n) is 3.81. The first-order valence-corrected chi connectivity index (χ1v) is 11.0. The van der Waals surface area contributed by atoms with Crippen LogP contribution >= 0.6 is 0 Å². The molecule has 0 aromatic heterocycles. The van der Waals surface area contributed by atoms with Gasteiger partial charge in [0.15, 0.2) is 23.0 Å². The molecule has 0 atom stereocenters. The number of aromatic hydroxyl groups is 5. The van der Waals surface area contributed by atoms with Crippen LogP contribution in [-0.2, 0) is 25.7 Å². The van der Waals surface area contributed by atoms with Gasteiger partial charge in [0.05, 0.1) is 0 Å². The van der Waals surface area contributed by atoms with E-state index in [4.69, 9.17) is 4.74 Å². The zero-order valence-corrected chi connectivity index (χ0v) is 18.5. The van der Waals surface area contributed by atoms with Crippen molar-refractivity contribution < 1.29 is 30.3 Å². The van der Waals surface area contributed by atoms with Gasteiger partial charge in [-0.2, -0.15) is 0 Å². The summed E-state index contributed by atoms with van der Waals surface area (Å²) in [5.41, 5.74) is 3.59. The molecular formula is C28H26O6. The number of aryl methyl sites for hydroxylation is 4. The second-order valence-electron chi connectivity index (χ2n) is 8.23. The summed E-state index contributed by atoms with van der Waals surface area (Å²) in [5, 5.41) is 49.5. The number of ether oxygens (including phenoxy) is 1. The fourth-order valence-corrected chi connectivity index (χ4v) is 3.81. The van der Waals surface area contributed by atoms with Crippen LogP contribution in [-0.4, -0.2) is 25.5 Å². The lowest BCUT2D eigenvalue weighted by Gasteiger charge is -2.12. The van der Waals surface area contributed by atoms with Crippen molar-refractivity contribution in [3.63, 3.8) is 0 Å². The molecule has 0 spiro atoms. The topological polar surface area (TPSA) is 110 Å². The highest BCUT2D eigenvalue weighted by molar-refractivity contribution is 5.49. The Labute approximate surface area is 197 Å². The molecule has 0 aliphatic rings. The lowest BCUT2D eigenvalue weighted by atomic mass is 10.0. The van der Waals surface area contributed by atoms with Crippen molar-refractivity contribution in [2.24, 2.45) is 0 Å². The van der Waals surface area contributed by atoms with Crippen LogP contribution in [0.15, 0.2) is 78.9 Å². The van der Waals surface area contributed by atoms with E-state index in [1.54, 1.807) is 54.6 Å². The van der Waals surface area contributed by atoms with E-state index < -0.39 is 0 Å². The zero-order chi connectivity index (χ0) is 24.1. The standard InChI is InChI=1S/C28H26O6/c29-22-3-1-2-18(12-22)4-5-20-8-10-25(32)28(16-20)34-27-11-9-19(15-26(27)33)6-7-21-13-23(30)17-24(31)14-21/h1-3,8-17,29-33H,4-7H2. The SMILES string of the molecule is Oc1cccc(CCc2ccc(O)c(Oc3ccc(CCc4cc(O)cc(O)c4)cc3O)c2)c1. The molecule has 0 radical (unpaired) electrons. The fraction of sp³-hybridized carbons (Fsp3) is 0.143. The Morgan fingerprint density at radius 2 is 1.03 bits per heavy atom. The second kappa shape index (κ2) is 10.1. The van der Waals surface area contributed by atoms with Gasteiger partial charge in [-0.15, -0.1) is 0 Å². The Hall–Kier alpha value is -4.32. The highest BCUT2D eigenvalue weighted by atomic mass is 16.5. The molecule has 4 rings (SSSR count). The van der Waals surface area contributed by atoms with Crippen LogP contribution in [0.2, 0.25) is 0 Å². The van der Waals surface area contributed by atoms with E-state index in [1.807, 2.05) is 18.2 Å². The van der Waals surface area contributed by atoms with E-state index in [1.165, 1.54) is 6.07 Å². The molecule has 0 fully saturated rings. The maximum absolute atomic E-state index is 10.5. The van der Waals surface area contributed by atoms with Crippen molar-refractivity contribution in [1.29, 1.82) is 0 Å². The van der Waals surface area contributed by atoms with Crippen molar-refractivity contribution in [1.82, 2.24) is 0 Å². The molecule has 0 saturated carbocycles. The third kappa shape index (κ3) is 5.92. The van der Waals surface area contributed by atoms with Gasteiger partial charge in [-0.25, -0.2) is 0 Å². The van der Waals surface area contributed by atoms with Crippen LogP contribution in [0.3, 0.4) is 0 Å². The van der Waals surface area contributed by atoms with Crippen LogP contribution in [0.4, 0.5) is 0 Å². The molecule has 0 amide bonds. The average molecular weight is 459 g/mol. The first-order chi connectivity index (χ1) is 16.4. The van der Waals surface area contributed by atoms with E-state index in [2.05, 4.69) is 0 Å². The number of hydrogen-bond acceptors (Lipinski definition) is 6.